The first kappa shape index (κ1) is 17.8. The molecule has 2 N–H and O–H groups in total. The number of nitrogens with one attached hydrogen (secondary N) is 1. The molecule has 0 spiro atoms. The number of carbonyl (C=O) groups is 1. The fraction of sp³-hybridized carbons (Fsp3) is 0.600. The van der Waals surface area contributed by atoms with Gasteiger partial charge in [0.2, 0.25) is 0 Å². The lowest BCUT2D eigenvalue weighted by molar-refractivity contribution is 0.119. The lowest BCUT2D eigenvalue weighted by Gasteiger charge is -2.33. The zero-order valence-corrected chi connectivity index (χ0v) is 14.0. The number of carbonyl (C=O) groups excluding carboxylic acids is 1. The highest BCUT2D eigenvalue weighted by Gasteiger charge is 2.27. The van der Waals surface area contributed by atoms with Gasteiger partial charge in [-0.05, 0) is 51.3 Å². The minimum Gasteiger partial charge on any atom is -0.391 e. The van der Waals surface area contributed by atoms with Crippen LogP contribution in [0.1, 0.15) is 39.7 Å². The summed E-state index contributed by atoms with van der Waals surface area (Å²) >= 11 is 4.23. The van der Waals surface area contributed by atoms with Crippen molar-refractivity contribution in [1.82, 2.24) is 14.6 Å². The van der Waals surface area contributed by atoms with Crippen molar-refractivity contribution in [2.45, 2.75) is 58.2 Å². The third kappa shape index (κ3) is 5.55. The zero-order chi connectivity index (χ0) is 16.0. The number of amides is 2. The number of hydrogen-bond acceptors (Lipinski definition) is 4. The number of rotatable bonds is 5. The Kier molecular flexibility index (Phi) is 6.48. The Morgan fingerprint density at radius 2 is 2.00 bits per heavy atom. The van der Waals surface area contributed by atoms with Crippen LogP contribution >= 0.6 is 12.8 Å². The van der Waals surface area contributed by atoms with E-state index in [0.29, 0.717) is 12.8 Å². The van der Waals surface area contributed by atoms with Crippen LogP contribution in [0.4, 0.5) is 4.79 Å². The van der Waals surface area contributed by atoms with Gasteiger partial charge in [0.05, 0.1) is 12.1 Å². The molecule has 0 aliphatic carbocycles. The fourth-order valence-electron chi connectivity index (χ4n) is 1.86. The number of urea groups is 1. The van der Waals surface area contributed by atoms with E-state index >= 15 is 0 Å². The second-order valence-corrected chi connectivity index (χ2v) is 6.47. The standard InChI is InChI=1S/C15H25N3O2S/c1-5-13(19)12(10-11-6-8-16-9-7-11)17-14(20)18(21)15(2,3)4/h6-9,12-13,19,21H,5,10H2,1-4H3,(H,17,20). The largest absolute Gasteiger partial charge is 0.391 e. The predicted molar refractivity (Wildman–Crippen MR) is 87.1 cm³/mol. The topological polar surface area (TPSA) is 65.5 Å². The Hall–Kier alpha value is -1.27. The minimum atomic E-state index is -0.608. The first-order valence-electron chi connectivity index (χ1n) is 7.12. The van der Waals surface area contributed by atoms with E-state index in [2.05, 4.69) is 23.1 Å². The zero-order valence-electron chi connectivity index (χ0n) is 13.1. The smallest absolute Gasteiger partial charge is 0.328 e. The van der Waals surface area contributed by atoms with Crippen LogP contribution in [0.5, 0.6) is 0 Å². The molecule has 0 saturated heterocycles. The molecule has 1 heterocycles. The van der Waals surface area contributed by atoms with Crippen molar-refractivity contribution in [2.24, 2.45) is 0 Å². The van der Waals surface area contributed by atoms with E-state index in [4.69, 9.17) is 0 Å². The van der Waals surface area contributed by atoms with E-state index in [1.807, 2.05) is 39.8 Å². The molecule has 1 aromatic rings. The summed E-state index contributed by atoms with van der Waals surface area (Å²) in [5.74, 6) is 0. The van der Waals surface area contributed by atoms with Gasteiger partial charge in [0.1, 0.15) is 0 Å². The molecule has 0 saturated carbocycles. The van der Waals surface area contributed by atoms with Gasteiger partial charge in [-0.15, -0.1) is 0 Å². The Balaban J connectivity index is 2.77. The van der Waals surface area contributed by atoms with Gasteiger partial charge in [-0.3, -0.25) is 9.29 Å². The van der Waals surface area contributed by atoms with Gasteiger partial charge in [-0.25, -0.2) is 4.79 Å². The third-order valence-electron chi connectivity index (χ3n) is 3.22. The average molecular weight is 311 g/mol. The molecule has 0 aromatic carbocycles. The second kappa shape index (κ2) is 7.66. The lowest BCUT2D eigenvalue weighted by Crippen LogP contribution is -2.52. The average Bonchev–Trinajstić information content (AvgIpc) is 2.44. The number of hydrogen-bond donors (Lipinski definition) is 3. The number of thiol groups is 1. The monoisotopic (exact) mass is 311 g/mol. The van der Waals surface area contributed by atoms with Crippen molar-refractivity contribution in [2.75, 3.05) is 0 Å². The SMILES string of the molecule is CCC(O)C(Cc1ccncc1)NC(=O)N(S)C(C)(C)C. The first-order chi connectivity index (χ1) is 9.75. The Labute approximate surface area is 132 Å². The van der Waals surface area contributed by atoms with Gasteiger partial charge in [-0.2, -0.15) is 0 Å². The highest BCUT2D eigenvalue weighted by atomic mass is 32.1. The summed E-state index contributed by atoms with van der Waals surface area (Å²) in [6.07, 6.45) is 3.91. The normalized spacial score (nSPS) is 14.4. The van der Waals surface area contributed by atoms with Crippen LogP contribution in [0, 0.1) is 0 Å². The van der Waals surface area contributed by atoms with Crippen LogP contribution in [-0.4, -0.2) is 38.1 Å². The van der Waals surface area contributed by atoms with Gasteiger partial charge >= 0.3 is 6.03 Å². The van der Waals surface area contributed by atoms with Crippen LogP contribution < -0.4 is 5.32 Å². The van der Waals surface area contributed by atoms with Crippen molar-refractivity contribution in [1.29, 1.82) is 0 Å². The number of aliphatic hydroxyl groups is 1. The molecule has 21 heavy (non-hydrogen) atoms. The van der Waals surface area contributed by atoms with Crippen molar-refractivity contribution in [3.05, 3.63) is 30.1 Å². The molecule has 0 bridgehead atoms. The van der Waals surface area contributed by atoms with Gasteiger partial charge < -0.3 is 10.4 Å². The summed E-state index contributed by atoms with van der Waals surface area (Å²) in [6.45, 7) is 7.58. The van der Waals surface area contributed by atoms with E-state index in [-0.39, 0.29) is 12.1 Å². The predicted octanol–water partition coefficient (Wildman–Crippen LogP) is 2.42. The summed E-state index contributed by atoms with van der Waals surface area (Å²) in [6, 6.07) is 3.09. The molecule has 1 rings (SSSR count). The van der Waals surface area contributed by atoms with Gasteiger partial charge in [0, 0.05) is 17.9 Å². The Bertz CT molecular complexity index is 448. The van der Waals surface area contributed by atoms with E-state index in [1.54, 1.807) is 12.4 Å². The maximum atomic E-state index is 12.2. The van der Waals surface area contributed by atoms with E-state index in [0.717, 1.165) is 5.56 Å². The van der Waals surface area contributed by atoms with Crippen molar-refractivity contribution in [3.63, 3.8) is 0 Å². The Morgan fingerprint density at radius 1 is 1.43 bits per heavy atom. The molecule has 0 fully saturated rings. The Morgan fingerprint density at radius 3 is 2.48 bits per heavy atom. The highest BCUT2D eigenvalue weighted by Crippen LogP contribution is 2.16. The number of aromatic nitrogens is 1. The molecular weight excluding hydrogens is 286 g/mol. The third-order valence-corrected chi connectivity index (χ3v) is 4.01. The first-order valence-corrected chi connectivity index (χ1v) is 7.52. The molecule has 0 aliphatic rings. The molecule has 0 aliphatic heterocycles. The number of aliphatic hydroxyl groups excluding tert-OH is 1. The van der Waals surface area contributed by atoms with Crippen LogP contribution in [-0.2, 0) is 6.42 Å². The van der Waals surface area contributed by atoms with Crippen LogP contribution in [0.15, 0.2) is 24.5 Å². The van der Waals surface area contributed by atoms with Crippen LogP contribution in [0.25, 0.3) is 0 Å². The number of nitrogens with zero attached hydrogens (tertiary/aromatic N) is 2. The van der Waals surface area contributed by atoms with Gasteiger partial charge in [0.25, 0.3) is 0 Å². The molecular formula is C15H25N3O2S. The molecule has 2 atom stereocenters. The second-order valence-electron chi connectivity index (χ2n) is 6.07. The van der Waals surface area contributed by atoms with Crippen molar-refractivity contribution >= 4 is 18.8 Å². The van der Waals surface area contributed by atoms with E-state index in [9.17, 15) is 9.90 Å². The summed E-state index contributed by atoms with van der Waals surface area (Å²) in [5.41, 5.74) is 0.621. The fourth-order valence-corrected chi connectivity index (χ4v) is 1.92. The molecule has 6 heteroatoms. The summed E-state index contributed by atoms with van der Waals surface area (Å²) in [4.78, 5) is 16.2. The van der Waals surface area contributed by atoms with Crippen molar-refractivity contribution < 1.29 is 9.90 Å². The van der Waals surface area contributed by atoms with Crippen LogP contribution in [0.2, 0.25) is 0 Å². The van der Waals surface area contributed by atoms with Crippen molar-refractivity contribution in [3.8, 4) is 0 Å². The molecule has 0 radical (unpaired) electrons. The quantitative estimate of drug-likeness (QED) is 0.732. The minimum absolute atomic E-state index is 0.308. The lowest BCUT2D eigenvalue weighted by atomic mass is 10.0. The summed E-state index contributed by atoms with van der Waals surface area (Å²) < 4.78 is 1.34. The molecule has 2 amide bonds. The molecule has 2 unspecified atom stereocenters. The molecule has 5 nitrogen and oxygen atoms in total. The maximum Gasteiger partial charge on any atom is 0.328 e. The summed E-state index contributed by atoms with van der Waals surface area (Å²) in [5, 5.41) is 13.0. The number of pyridine rings is 1. The van der Waals surface area contributed by atoms with Crippen LogP contribution in [0.3, 0.4) is 0 Å². The summed E-state index contributed by atoms with van der Waals surface area (Å²) in [7, 11) is 0. The molecule has 1 aromatic heterocycles. The van der Waals surface area contributed by atoms with Gasteiger partial charge in [0.15, 0.2) is 0 Å². The maximum absolute atomic E-state index is 12.2. The van der Waals surface area contributed by atoms with E-state index < -0.39 is 11.6 Å². The molecule has 118 valence electrons. The van der Waals surface area contributed by atoms with Gasteiger partial charge in [-0.1, -0.05) is 19.7 Å². The highest BCUT2D eigenvalue weighted by molar-refractivity contribution is 7.78. The van der Waals surface area contributed by atoms with E-state index in [1.165, 1.54) is 4.31 Å².